The molecule has 1 amide bonds. The molecular formula is C22H29N2O2+. The second-order valence-electron chi connectivity index (χ2n) is 7.05. The van der Waals surface area contributed by atoms with Crippen LogP contribution in [0.3, 0.4) is 0 Å². The lowest BCUT2D eigenvalue weighted by Gasteiger charge is -2.21. The Hall–Kier alpha value is -2.33. The summed E-state index contributed by atoms with van der Waals surface area (Å²) in [7, 11) is 1.63. The highest BCUT2D eigenvalue weighted by molar-refractivity contribution is 5.94. The van der Waals surface area contributed by atoms with Gasteiger partial charge in [-0.3, -0.25) is 4.79 Å². The molecule has 0 saturated heterocycles. The number of nitrogens with one attached hydrogen (secondary N) is 1. The highest BCUT2D eigenvalue weighted by Crippen LogP contribution is 2.20. The smallest absolute Gasteiger partial charge is 0.287 e. The summed E-state index contributed by atoms with van der Waals surface area (Å²) in [5.41, 5.74) is 1.82. The Morgan fingerprint density at radius 2 is 1.77 bits per heavy atom. The van der Waals surface area contributed by atoms with Crippen molar-refractivity contribution in [3.63, 3.8) is 0 Å². The van der Waals surface area contributed by atoms with Crippen molar-refractivity contribution < 1.29 is 14.8 Å². The average molecular weight is 353 g/mol. The van der Waals surface area contributed by atoms with Crippen LogP contribution in [0.5, 0.6) is 5.75 Å². The summed E-state index contributed by atoms with van der Waals surface area (Å²) in [6, 6.07) is 17.9. The van der Waals surface area contributed by atoms with Gasteiger partial charge >= 0.3 is 0 Å². The zero-order valence-corrected chi connectivity index (χ0v) is 15.5. The largest absolute Gasteiger partial charge is 0.497 e. The molecule has 3 N–H and O–H groups in total. The molecule has 1 saturated carbocycles. The van der Waals surface area contributed by atoms with Crippen LogP contribution in [0.15, 0.2) is 54.6 Å². The van der Waals surface area contributed by atoms with E-state index in [1.54, 1.807) is 7.11 Å². The predicted molar refractivity (Wildman–Crippen MR) is 104 cm³/mol. The van der Waals surface area contributed by atoms with Crippen LogP contribution in [0.25, 0.3) is 0 Å². The molecule has 0 radical (unpaired) electrons. The number of methoxy groups -OCH3 is 1. The Labute approximate surface area is 156 Å². The fourth-order valence-corrected chi connectivity index (χ4v) is 3.71. The molecule has 0 spiro atoms. The maximum absolute atomic E-state index is 13.1. The van der Waals surface area contributed by atoms with Gasteiger partial charge in [-0.1, -0.05) is 49.2 Å². The van der Waals surface area contributed by atoms with Crippen molar-refractivity contribution in [1.82, 2.24) is 0 Å². The number of quaternary nitrogens is 1. The number of hydrogen-bond acceptors (Lipinski definition) is 2. The third-order valence-corrected chi connectivity index (χ3v) is 5.14. The van der Waals surface area contributed by atoms with Crippen LogP contribution in [-0.2, 0) is 4.79 Å². The van der Waals surface area contributed by atoms with E-state index in [1.165, 1.54) is 38.5 Å². The van der Waals surface area contributed by atoms with Crippen LogP contribution < -0.4 is 15.4 Å². The molecule has 0 bridgehead atoms. The number of amides is 1. The van der Waals surface area contributed by atoms with E-state index < -0.39 is 0 Å². The molecule has 2 aromatic carbocycles. The number of nitrogens with two attached hydrogens (primary N) is 1. The van der Waals surface area contributed by atoms with E-state index >= 15 is 0 Å². The minimum absolute atomic E-state index is 0.0219. The first-order valence-corrected chi connectivity index (χ1v) is 9.61. The van der Waals surface area contributed by atoms with E-state index in [2.05, 4.69) is 10.6 Å². The van der Waals surface area contributed by atoms with Crippen molar-refractivity contribution in [2.24, 2.45) is 0 Å². The SMILES string of the molecule is COc1cccc(NC(=O)[C@@H]([NH2+]C2CCCCCC2)c2ccccc2)c1. The Kier molecular flexibility index (Phi) is 6.67. The molecule has 1 aliphatic rings. The van der Waals surface area contributed by atoms with Crippen LogP contribution in [-0.4, -0.2) is 19.1 Å². The standard InChI is InChI=1S/C22H28N2O2/c1-26-20-15-9-14-19(16-20)24-22(25)21(17-10-5-4-6-11-17)23-18-12-7-2-3-8-13-18/h4-6,9-11,14-16,18,21,23H,2-3,7-8,12-13H2,1H3,(H,24,25)/p+1/t21-/m0/s1. The van der Waals surface area contributed by atoms with Gasteiger partial charge < -0.3 is 15.4 Å². The van der Waals surface area contributed by atoms with Gasteiger partial charge in [-0.2, -0.15) is 0 Å². The van der Waals surface area contributed by atoms with E-state index in [4.69, 9.17) is 4.74 Å². The number of hydrogen-bond donors (Lipinski definition) is 2. The van der Waals surface area contributed by atoms with Gasteiger partial charge in [0.15, 0.2) is 6.04 Å². The number of anilines is 1. The van der Waals surface area contributed by atoms with E-state index in [1.807, 2.05) is 54.6 Å². The van der Waals surface area contributed by atoms with Crippen LogP contribution in [0, 0.1) is 0 Å². The molecule has 4 nitrogen and oxygen atoms in total. The topological polar surface area (TPSA) is 54.9 Å². The molecule has 0 unspecified atom stereocenters. The third kappa shape index (κ3) is 5.09. The molecule has 1 fully saturated rings. The van der Waals surface area contributed by atoms with Crippen molar-refractivity contribution in [1.29, 1.82) is 0 Å². The Morgan fingerprint density at radius 3 is 2.46 bits per heavy atom. The molecule has 4 heteroatoms. The Bertz CT molecular complexity index is 694. The lowest BCUT2D eigenvalue weighted by molar-refractivity contribution is -0.716. The van der Waals surface area contributed by atoms with Gasteiger partial charge in [0.25, 0.3) is 5.91 Å². The molecule has 0 heterocycles. The maximum atomic E-state index is 13.1. The first-order valence-electron chi connectivity index (χ1n) is 9.61. The molecule has 3 rings (SSSR count). The minimum Gasteiger partial charge on any atom is -0.497 e. The van der Waals surface area contributed by atoms with Crippen LogP contribution in [0.1, 0.15) is 50.1 Å². The van der Waals surface area contributed by atoms with Gasteiger partial charge in [-0.15, -0.1) is 0 Å². The van der Waals surface area contributed by atoms with Gasteiger partial charge in [0.2, 0.25) is 0 Å². The van der Waals surface area contributed by atoms with Crippen molar-refractivity contribution in [2.45, 2.75) is 50.6 Å². The summed E-state index contributed by atoms with van der Waals surface area (Å²) in [5.74, 6) is 0.764. The quantitative estimate of drug-likeness (QED) is 0.779. The third-order valence-electron chi connectivity index (χ3n) is 5.14. The first-order chi connectivity index (χ1) is 12.8. The molecule has 2 aromatic rings. The molecule has 1 atom stereocenters. The average Bonchev–Trinajstić information content (AvgIpc) is 2.95. The number of ether oxygens (including phenoxy) is 1. The fraction of sp³-hybridized carbons (Fsp3) is 0.409. The fourth-order valence-electron chi connectivity index (χ4n) is 3.71. The molecule has 1 aliphatic carbocycles. The molecule has 0 aromatic heterocycles. The lowest BCUT2D eigenvalue weighted by atomic mass is 10.0. The van der Waals surface area contributed by atoms with Gasteiger partial charge in [0, 0.05) is 17.3 Å². The summed E-state index contributed by atoms with van der Waals surface area (Å²) in [4.78, 5) is 13.1. The zero-order valence-electron chi connectivity index (χ0n) is 15.5. The van der Waals surface area contributed by atoms with Gasteiger partial charge in [0.05, 0.1) is 13.2 Å². The second-order valence-corrected chi connectivity index (χ2v) is 7.05. The van der Waals surface area contributed by atoms with Crippen molar-refractivity contribution in [3.8, 4) is 5.75 Å². The number of carbonyl (C=O) groups is 1. The summed E-state index contributed by atoms with van der Waals surface area (Å²) in [5, 5.41) is 5.34. The molecule has 0 aliphatic heterocycles. The molecule has 26 heavy (non-hydrogen) atoms. The monoisotopic (exact) mass is 353 g/mol. The second kappa shape index (κ2) is 9.39. The van der Waals surface area contributed by atoms with Gasteiger partial charge in [-0.25, -0.2) is 0 Å². The van der Waals surface area contributed by atoms with E-state index in [0.717, 1.165) is 17.0 Å². The predicted octanol–water partition coefficient (Wildman–Crippen LogP) is 3.66. The maximum Gasteiger partial charge on any atom is 0.287 e. The Morgan fingerprint density at radius 1 is 1.04 bits per heavy atom. The molecule has 138 valence electrons. The normalized spacial score (nSPS) is 16.5. The number of rotatable bonds is 6. The van der Waals surface area contributed by atoms with Crippen molar-refractivity contribution in [3.05, 3.63) is 60.2 Å². The summed E-state index contributed by atoms with van der Waals surface area (Å²) >= 11 is 0. The summed E-state index contributed by atoms with van der Waals surface area (Å²) in [6.07, 6.45) is 7.54. The Balaban J connectivity index is 1.76. The van der Waals surface area contributed by atoms with E-state index in [9.17, 15) is 4.79 Å². The van der Waals surface area contributed by atoms with Crippen LogP contribution >= 0.6 is 0 Å². The zero-order chi connectivity index (χ0) is 18.2. The lowest BCUT2D eigenvalue weighted by Crippen LogP contribution is -2.92. The van der Waals surface area contributed by atoms with E-state index in [-0.39, 0.29) is 11.9 Å². The van der Waals surface area contributed by atoms with Gasteiger partial charge in [-0.05, 0) is 37.8 Å². The van der Waals surface area contributed by atoms with Crippen LogP contribution in [0.4, 0.5) is 5.69 Å². The summed E-state index contributed by atoms with van der Waals surface area (Å²) < 4.78 is 5.26. The van der Waals surface area contributed by atoms with Gasteiger partial charge in [0.1, 0.15) is 5.75 Å². The van der Waals surface area contributed by atoms with E-state index in [0.29, 0.717) is 6.04 Å². The summed E-state index contributed by atoms with van der Waals surface area (Å²) in [6.45, 7) is 0. The highest BCUT2D eigenvalue weighted by atomic mass is 16.5. The van der Waals surface area contributed by atoms with Crippen molar-refractivity contribution >= 4 is 11.6 Å². The number of carbonyl (C=O) groups excluding carboxylic acids is 1. The number of benzene rings is 2. The minimum atomic E-state index is -0.231. The van der Waals surface area contributed by atoms with Crippen LogP contribution in [0.2, 0.25) is 0 Å². The first kappa shape index (κ1) is 18.5. The molecular weight excluding hydrogens is 324 g/mol. The van der Waals surface area contributed by atoms with Crippen molar-refractivity contribution in [2.75, 3.05) is 12.4 Å². The highest BCUT2D eigenvalue weighted by Gasteiger charge is 2.28.